The Morgan fingerprint density at radius 3 is 2.56 bits per heavy atom. The van der Waals surface area contributed by atoms with Crippen molar-refractivity contribution < 1.29 is 14.3 Å². The highest BCUT2D eigenvalue weighted by Gasteiger charge is 2.14. The van der Waals surface area contributed by atoms with Crippen LogP contribution in [-0.2, 0) is 0 Å². The first kappa shape index (κ1) is 13.1. The monoisotopic (exact) mass is 328 g/mol. The molecule has 0 aliphatic rings. The van der Waals surface area contributed by atoms with E-state index in [1.54, 1.807) is 18.2 Å². The summed E-state index contributed by atoms with van der Waals surface area (Å²) in [5, 5.41) is 9.17. The zero-order valence-electron chi connectivity index (χ0n) is 8.95. The Labute approximate surface area is 116 Å². The summed E-state index contributed by atoms with van der Waals surface area (Å²) in [7, 11) is 0. The number of hydrogen-bond donors (Lipinski definition) is 1. The fourth-order valence-corrected chi connectivity index (χ4v) is 2.58. The Morgan fingerprint density at radius 2 is 2.00 bits per heavy atom. The minimum absolute atomic E-state index is 0.0978. The highest BCUT2D eigenvalue weighted by molar-refractivity contribution is 9.10. The van der Waals surface area contributed by atoms with Crippen LogP contribution in [0, 0.1) is 5.82 Å². The molecule has 0 radical (unpaired) electrons. The predicted octanol–water partition coefficient (Wildman–Crippen LogP) is 4.61. The fraction of sp³-hybridized carbons (Fsp3) is 0. The number of hydrogen-bond acceptors (Lipinski definition) is 1. The normalized spacial score (nSPS) is 10.4. The van der Waals surface area contributed by atoms with E-state index in [1.165, 1.54) is 12.1 Å². The zero-order chi connectivity index (χ0) is 13.3. The van der Waals surface area contributed by atoms with Gasteiger partial charge in [0.05, 0.1) is 5.56 Å². The van der Waals surface area contributed by atoms with Gasteiger partial charge in [-0.15, -0.1) is 0 Å². The highest BCUT2D eigenvalue weighted by atomic mass is 79.9. The van der Waals surface area contributed by atoms with Crippen LogP contribution in [0.3, 0.4) is 0 Å². The van der Waals surface area contributed by atoms with E-state index >= 15 is 0 Å². The summed E-state index contributed by atoms with van der Waals surface area (Å²) >= 11 is 9.32. The Kier molecular flexibility index (Phi) is 3.68. The molecule has 2 aromatic carbocycles. The molecule has 1 N–H and O–H groups in total. The van der Waals surface area contributed by atoms with Crippen LogP contribution in [0.1, 0.15) is 10.4 Å². The topological polar surface area (TPSA) is 37.3 Å². The molecule has 92 valence electrons. The van der Waals surface area contributed by atoms with Gasteiger partial charge in [-0.3, -0.25) is 0 Å². The molecule has 0 bridgehead atoms. The van der Waals surface area contributed by atoms with E-state index in [4.69, 9.17) is 16.7 Å². The van der Waals surface area contributed by atoms with Gasteiger partial charge in [-0.1, -0.05) is 39.7 Å². The van der Waals surface area contributed by atoms with E-state index in [-0.39, 0.29) is 11.1 Å². The summed E-state index contributed by atoms with van der Waals surface area (Å²) < 4.78 is 14.6. The van der Waals surface area contributed by atoms with Crippen molar-refractivity contribution in [3.8, 4) is 11.1 Å². The Bertz CT molecular complexity index is 608. The minimum atomic E-state index is -1.17. The Balaban J connectivity index is 2.62. The molecule has 0 spiro atoms. The van der Waals surface area contributed by atoms with Crippen LogP contribution in [0.2, 0.25) is 5.02 Å². The van der Waals surface area contributed by atoms with Crippen molar-refractivity contribution in [2.75, 3.05) is 0 Å². The van der Waals surface area contributed by atoms with Crippen LogP contribution in [0.4, 0.5) is 4.39 Å². The van der Waals surface area contributed by atoms with E-state index in [9.17, 15) is 9.18 Å². The standard InChI is InChI=1S/C13H7BrClFO2/c14-9-2-1-3-10(15)12(9)8-5-4-7(13(17)18)6-11(8)16/h1-6H,(H,17,18). The van der Waals surface area contributed by atoms with Crippen LogP contribution >= 0.6 is 27.5 Å². The molecule has 0 heterocycles. The Hall–Kier alpha value is -1.39. The molecular weight excluding hydrogens is 322 g/mol. The highest BCUT2D eigenvalue weighted by Crippen LogP contribution is 2.36. The average molecular weight is 330 g/mol. The summed E-state index contributed by atoms with van der Waals surface area (Å²) in [5.74, 6) is -1.79. The molecule has 18 heavy (non-hydrogen) atoms. The first-order valence-corrected chi connectivity index (χ1v) is 6.15. The molecular formula is C13H7BrClFO2. The van der Waals surface area contributed by atoms with E-state index in [1.807, 2.05) is 0 Å². The molecule has 2 aromatic rings. The second kappa shape index (κ2) is 5.08. The second-order valence-electron chi connectivity index (χ2n) is 3.60. The summed E-state index contributed by atoms with van der Waals surface area (Å²) in [4.78, 5) is 10.7. The van der Waals surface area contributed by atoms with Gasteiger partial charge < -0.3 is 5.11 Å². The van der Waals surface area contributed by atoms with Crippen molar-refractivity contribution in [1.82, 2.24) is 0 Å². The molecule has 0 aliphatic carbocycles. The molecule has 2 rings (SSSR count). The third kappa shape index (κ3) is 2.40. The maximum Gasteiger partial charge on any atom is 0.335 e. The van der Waals surface area contributed by atoms with E-state index < -0.39 is 11.8 Å². The third-order valence-corrected chi connectivity index (χ3v) is 3.42. The number of carboxylic acids is 1. The number of carbonyl (C=O) groups is 1. The van der Waals surface area contributed by atoms with E-state index in [2.05, 4.69) is 15.9 Å². The lowest BCUT2D eigenvalue weighted by Crippen LogP contribution is -1.98. The van der Waals surface area contributed by atoms with Gasteiger partial charge in [-0.25, -0.2) is 9.18 Å². The molecule has 0 amide bonds. The number of aromatic carboxylic acids is 1. The number of halogens is 3. The van der Waals surface area contributed by atoms with Gasteiger partial charge in [0.1, 0.15) is 5.82 Å². The third-order valence-electron chi connectivity index (χ3n) is 2.45. The molecule has 0 atom stereocenters. The van der Waals surface area contributed by atoms with Gasteiger partial charge in [0, 0.05) is 20.6 Å². The van der Waals surface area contributed by atoms with Gasteiger partial charge in [-0.2, -0.15) is 0 Å². The van der Waals surface area contributed by atoms with Crippen molar-refractivity contribution in [3.63, 3.8) is 0 Å². The van der Waals surface area contributed by atoms with Crippen LogP contribution in [0.5, 0.6) is 0 Å². The summed E-state index contributed by atoms with van der Waals surface area (Å²) in [6.07, 6.45) is 0. The lowest BCUT2D eigenvalue weighted by atomic mass is 10.0. The summed E-state index contributed by atoms with van der Waals surface area (Å²) in [6, 6.07) is 8.85. The summed E-state index contributed by atoms with van der Waals surface area (Å²) in [6.45, 7) is 0. The maximum absolute atomic E-state index is 13.9. The van der Waals surface area contributed by atoms with Crippen molar-refractivity contribution in [1.29, 1.82) is 0 Å². The lowest BCUT2D eigenvalue weighted by molar-refractivity contribution is 0.0696. The van der Waals surface area contributed by atoms with Crippen molar-refractivity contribution in [3.05, 3.63) is 57.3 Å². The van der Waals surface area contributed by atoms with Crippen LogP contribution < -0.4 is 0 Å². The second-order valence-corrected chi connectivity index (χ2v) is 4.86. The molecule has 5 heteroatoms. The van der Waals surface area contributed by atoms with Gasteiger partial charge in [0.2, 0.25) is 0 Å². The van der Waals surface area contributed by atoms with Crippen LogP contribution in [-0.4, -0.2) is 11.1 Å². The lowest BCUT2D eigenvalue weighted by Gasteiger charge is -2.09. The van der Waals surface area contributed by atoms with Crippen molar-refractivity contribution in [2.24, 2.45) is 0 Å². The first-order chi connectivity index (χ1) is 8.50. The number of carboxylic acid groups (broad SMARTS) is 1. The first-order valence-electron chi connectivity index (χ1n) is 4.98. The SMILES string of the molecule is O=C(O)c1ccc(-c2c(Cl)cccc2Br)c(F)c1. The van der Waals surface area contributed by atoms with Gasteiger partial charge in [-0.05, 0) is 24.3 Å². The molecule has 0 aromatic heterocycles. The molecule has 0 unspecified atom stereocenters. The average Bonchev–Trinajstić information content (AvgIpc) is 2.30. The van der Waals surface area contributed by atoms with Crippen LogP contribution in [0.15, 0.2) is 40.9 Å². The van der Waals surface area contributed by atoms with E-state index in [0.717, 1.165) is 6.07 Å². The molecule has 0 saturated heterocycles. The van der Waals surface area contributed by atoms with Gasteiger partial charge in [0.25, 0.3) is 0 Å². The quantitative estimate of drug-likeness (QED) is 0.874. The van der Waals surface area contributed by atoms with E-state index in [0.29, 0.717) is 15.1 Å². The molecule has 0 aliphatic heterocycles. The van der Waals surface area contributed by atoms with Crippen LogP contribution in [0.25, 0.3) is 11.1 Å². The maximum atomic E-state index is 13.9. The molecule has 2 nitrogen and oxygen atoms in total. The zero-order valence-corrected chi connectivity index (χ0v) is 11.3. The summed E-state index contributed by atoms with van der Waals surface area (Å²) in [5.41, 5.74) is 0.672. The largest absolute Gasteiger partial charge is 0.478 e. The number of rotatable bonds is 2. The number of benzene rings is 2. The van der Waals surface area contributed by atoms with Gasteiger partial charge in [0.15, 0.2) is 0 Å². The molecule has 0 fully saturated rings. The molecule has 0 saturated carbocycles. The van der Waals surface area contributed by atoms with Crippen molar-refractivity contribution in [2.45, 2.75) is 0 Å². The Morgan fingerprint density at radius 1 is 1.28 bits per heavy atom. The van der Waals surface area contributed by atoms with Crippen molar-refractivity contribution >= 4 is 33.5 Å². The predicted molar refractivity (Wildman–Crippen MR) is 71.5 cm³/mol. The van der Waals surface area contributed by atoms with Gasteiger partial charge >= 0.3 is 5.97 Å². The fourth-order valence-electron chi connectivity index (χ4n) is 1.61. The minimum Gasteiger partial charge on any atom is -0.478 e. The smallest absolute Gasteiger partial charge is 0.335 e.